The molecule has 0 aromatic heterocycles. The predicted molar refractivity (Wildman–Crippen MR) is 156 cm³/mol. The minimum atomic E-state index is -1.34. The summed E-state index contributed by atoms with van der Waals surface area (Å²) in [6.07, 6.45) is 0. The van der Waals surface area contributed by atoms with E-state index >= 15 is 0 Å². The van der Waals surface area contributed by atoms with Crippen LogP contribution >= 0.6 is 11.6 Å². The van der Waals surface area contributed by atoms with Gasteiger partial charge >= 0.3 is 0 Å². The van der Waals surface area contributed by atoms with Crippen LogP contribution in [0.4, 0.5) is 0 Å². The summed E-state index contributed by atoms with van der Waals surface area (Å²) in [6, 6.07) is 28.0. The highest BCUT2D eigenvalue weighted by molar-refractivity contribution is 6.30. The van der Waals surface area contributed by atoms with Gasteiger partial charge in [0.25, 0.3) is 5.91 Å². The molecule has 6 heteroatoms. The van der Waals surface area contributed by atoms with E-state index in [9.17, 15) is 9.90 Å². The second-order valence-corrected chi connectivity index (χ2v) is 10.00. The highest BCUT2D eigenvalue weighted by Gasteiger charge is 2.33. The van der Waals surface area contributed by atoms with E-state index in [0.717, 1.165) is 22.3 Å². The van der Waals surface area contributed by atoms with Crippen LogP contribution in [-0.2, 0) is 10.3 Å². The molecule has 1 atom stereocenters. The summed E-state index contributed by atoms with van der Waals surface area (Å²) in [5, 5.41) is 15.4. The zero-order valence-electron chi connectivity index (χ0n) is 22.5. The van der Waals surface area contributed by atoms with Gasteiger partial charge in [-0.05, 0) is 90.6 Å². The van der Waals surface area contributed by atoms with Gasteiger partial charge in [-0.3, -0.25) is 4.79 Å². The maximum absolute atomic E-state index is 12.4. The van der Waals surface area contributed by atoms with Crippen molar-refractivity contribution in [2.24, 2.45) is 0 Å². The first-order valence-corrected chi connectivity index (χ1v) is 13.4. The third-order valence-corrected chi connectivity index (χ3v) is 7.20. The molecule has 4 rings (SSSR count). The van der Waals surface area contributed by atoms with Crippen LogP contribution in [-0.4, -0.2) is 37.4 Å². The zero-order chi connectivity index (χ0) is 27.8. The Bertz CT molecular complexity index is 1360. The molecule has 5 nitrogen and oxygen atoms in total. The predicted octanol–water partition coefficient (Wildman–Crippen LogP) is 6.37. The molecule has 0 fully saturated rings. The van der Waals surface area contributed by atoms with E-state index in [1.165, 1.54) is 5.56 Å². The van der Waals surface area contributed by atoms with Gasteiger partial charge in [0.15, 0.2) is 0 Å². The minimum Gasteiger partial charge on any atom is -0.491 e. The number of ether oxygens (including phenoxy) is 2. The highest BCUT2D eigenvalue weighted by atomic mass is 35.5. The highest BCUT2D eigenvalue weighted by Crippen LogP contribution is 2.37. The van der Waals surface area contributed by atoms with Crippen LogP contribution in [0.15, 0.2) is 91.0 Å². The normalized spacial score (nSPS) is 12.5. The van der Waals surface area contributed by atoms with E-state index in [0.29, 0.717) is 48.3 Å². The van der Waals surface area contributed by atoms with E-state index in [4.69, 9.17) is 21.1 Å². The Hall–Kier alpha value is -3.64. The lowest BCUT2D eigenvalue weighted by Crippen LogP contribution is -2.28. The molecular formula is C33H34ClNO4. The van der Waals surface area contributed by atoms with Crippen molar-refractivity contribution in [3.05, 3.63) is 135 Å². The molecule has 0 bridgehead atoms. The van der Waals surface area contributed by atoms with Gasteiger partial charge in [-0.2, -0.15) is 0 Å². The molecule has 4 aromatic rings. The number of carbonyl (C=O) groups excluding carboxylic acids is 1. The van der Waals surface area contributed by atoms with Crippen molar-refractivity contribution in [1.82, 2.24) is 5.32 Å². The monoisotopic (exact) mass is 543 g/mol. The van der Waals surface area contributed by atoms with Gasteiger partial charge in [-0.1, -0.05) is 66.2 Å². The molecule has 2 N–H and O–H groups in total. The average Bonchev–Trinajstić information content (AvgIpc) is 2.95. The summed E-state index contributed by atoms with van der Waals surface area (Å²) in [6.45, 7) is 7.65. The number of halogens is 1. The first kappa shape index (κ1) is 28.4. The summed E-state index contributed by atoms with van der Waals surface area (Å²) in [7, 11) is 0. The zero-order valence-corrected chi connectivity index (χ0v) is 23.3. The fourth-order valence-corrected chi connectivity index (χ4v) is 4.61. The third kappa shape index (κ3) is 6.87. The topological polar surface area (TPSA) is 67.8 Å². The number of carbonyl (C=O) groups is 1. The number of benzene rings is 4. The van der Waals surface area contributed by atoms with Gasteiger partial charge in [-0.15, -0.1) is 0 Å². The van der Waals surface area contributed by atoms with Crippen molar-refractivity contribution in [3.63, 3.8) is 0 Å². The lowest BCUT2D eigenvalue weighted by molar-refractivity contribution is 0.0866. The number of nitrogens with one attached hydrogen (secondary N) is 1. The molecule has 202 valence electrons. The summed E-state index contributed by atoms with van der Waals surface area (Å²) in [4.78, 5) is 12.4. The Morgan fingerprint density at radius 1 is 0.795 bits per heavy atom. The van der Waals surface area contributed by atoms with Gasteiger partial charge < -0.3 is 19.9 Å². The molecule has 0 heterocycles. The van der Waals surface area contributed by atoms with Gasteiger partial charge in [0.2, 0.25) is 0 Å². The Balaban J connectivity index is 1.27. The smallest absolute Gasteiger partial charge is 0.251 e. The first-order chi connectivity index (χ1) is 18.8. The summed E-state index contributed by atoms with van der Waals surface area (Å²) < 4.78 is 11.4. The maximum Gasteiger partial charge on any atom is 0.251 e. The fourth-order valence-electron chi connectivity index (χ4n) is 4.49. The van der Waals surface area contributed by atoms with E-state index in [-0.39, 0.29) is 5.91 Å². The van der Waals surface area contributed by atoms with Gasteiger partial charge in [0, 0.05) is 17.1 Å². The average molecular weight is 544 g/mol. The molecular weight excluding hydrogens is 510 g/mol. The Kier molecular flexibility index (Phi) is 9.41. The molecule has 39 heavy (non-hydrogen) atoms. The maximum atomic E-state index is 12.4. The van der Waals surface area contributed by atoms with E-state index in [1.807, 2.05) is 92.7 Å². The molecule has 1 unspecified atom stereocenters. The van der Waals surface area contributed by atoms with Crippen LogP contribution in [0, 0.1) is 20.8 Å². The Labute approximate surface area is 235 Å². The van der Waals surface area contributed by atoms with Crippen LogP contribution in [0.3, 0.4) is 0 Å². The first-order valence-electron chi connectivity index (χ1n) is 13.0. The molecule has 0 aliphatic heterocycles. The fraction of sp³-hybridized carbons (Fsp3) is 0.242. The van der Waals surface area contributed by atoms with E-state index < -0.39 is 5.60 Å². The molecule has 0 saturated carbocycles. The Morgan fingerprint density at radius 3 is 1.97 bits per heavy atom. The van der Waals surface area contributed by atoms with E-state index in [1.54, 1.807) is 12.1 Å². The van der Waals surface area contributed by atoms with Crippen molar-refractivity contribution in [1.29, 1.82) is 0 Å². The number of hydrogen-bond donors (Lipinski definition) is 2. The van der Waals surface area contributed by atoms with Crippen molar-refractivity contribution >= 4 is 17.5 Å². The van der Waals surface area contributed by atoms with Crippen LogP contribution in [0.1, 0.15) is 43.7 Å². The number of amides is 1. The van der Waals surface area contributed by atoms with Crippen LogP contribution < -0.4 is 10.1 Å². The number of aryl methyl sites for hydroxylation is 2. The van der Waals surface area contributed by atoms with Crippen molar-refractivity contribution < 1.29 is 19.4 Å². The van der Waals surface area contributed by atoms with Crippen molar-refractivity contribution in [2.75, 3.05) is 26.4 Å². The van der Waals surface area contributed by atoms with Gasteiger partial charge in [0.1, 0.15) is 18.0 Å². The summed E-state index contributed by atoms with van der Waals surface area (Å²) >= 11 is 6.09. The van der Waals surface area contributed by atoms with Crippen molar-refractivity contribution in [3.8, 4) is 5.75 Å². The molecule has 0 aliphatic rings. The van der Waals surface area contributed by atoms with Crippen LogP contribution in [0.2, 0.25) is 5.02 Å². The number of rotatable bonds is 11. The quantitative estimate of drug-likeness (QED) is 0.170. The lowest BCUT2D eigenvalue weighted by atomic mass is 9.80. The number of aliphatic hydroxyl groups is 1. The summed E-state index contributed by atoms with van der Waals surface area (Å²) in [5.74, 6) is 0.572. The Morgan fingerprint density at radius 2 is 1.36 bits per heavy atom. The van der Waals surface area contributed by atoms with Crippen LogP contribution in [0.5, 0.6) is 5.75 Å². The molecule has 1 amide bonds. The standard InChI is InChI=1S/C33H34ClNO4/c1-23-21-26(22-24(2)25(23)3)32(36)35-17-18-38-19-20-39-31-15-11-29(12-16-31)33(37,27-7-5-4-6-8-27)28-9-13-30(34)14-10-28/h4-16,21-22,37H,17-20H2,1-3H3,(H,35,36). The number of hydrogen-bond acceptors (Lipinski definition) is 4. The molecule has 0 radical (unpaired) electrons. The lowest BCUT2D eigenvalue weighted by Gasteiger charge is -2.30. The molecule has 0 spiro atoms. The molecule has 0 aliphatic carbocycles. The molecule has 4 aromatic carbocycles. The summed E-state index contributed by atoms with van der Waals surface area (Å²) in [5.41, 5.74) is 4.94. The second kappa shape index (κ2) is 12.9. The van der Waals surface area contributed by atoms with Crippen molar-refractivity contribution in [2.45, 2.75) is 26.4 Å². The van der Waals surface area contributed by atoms with E-state index in [2.05, 4.69) is 12.2 Å². The van der Waals surface area contributed by atoms with Gasteiger partial charge in [-0.25, -0.2) is 0 Å². The second-order valence-electron chi connectivity index (χ2n) is 9.56. The largest absolute Gasteiger partial charge is 0.491 e. The SMILES string of the molecule is Cc1cc(C(=O)NCCOCCOc2ccc(C(O)(c3ccccc3)c3ccc(Cl)cc3)cc2)cc(C)c1C. The minimum absolute atomic E-state index is 0.102. The molecule has 0 saturated heterocycles. The van der Waals surface area contributed by atoms with Gasteiger partial charge in [0.05, 0.1) is 13.2 Å². The van der Waals surface area contributed by atoms with Crippen LogP contribution in [0.25, 0.3) is 0 Å². The third-order valence-electron chi connectivity index (χ3n) is 6.94.